The molecule has 0 aliphatic heterocycles. The van der Waals surface area contributed by atoms with Gasteiger partial charge in [-0.1, -0.05) is 12.8 Å². The molecule has 1 aliphatic rings. The molecule has 1 aliphatic carbocycles. The number of aromatic nitrogens is 2. The van der Waals surface area contributed by atoms with Crippen molar-refractivity contribution in [3.63, 3.8) is 0 Å². The second kappa shape index (κ2) is 3.87. The molecular weight excluding hydrogens is 214 g/mol. The van der Waals surface area contributed by atoms with Crippen LogP contribution < -0.4 is 11.3 Å². The number of nitrogens with zero attached hydrogens (tertiary/aromatic N) is 1. The van der Waals surface area contributed by atoms with Gasteiger partial charge in [0.15, 0.2) is 0 Å². The molecule has 0 amide bonds. The average Bonchev–Trinajstić information content (AvgIpc) is 2.83. The van der Waals surface area contributed by atoms with Gasteiger partial charge in [-0.15, -0.1) is 0 Å². The number of fused-ring (bicyclic) bond motifs is 1. The van der Waals surface area contributed by atoms with Gasteiger partial charge in [-0.2, -0.15) is 0 Å². The van der Waals surface area contributed by atoms with Gasteiger partial charge in [-0.25, -0.2) is 4.98 Å². The lowest BCUT2D eigenvalue weighted by Crippen LogP contribution is -2.14. The Labute approximate surface area is 98.9 Å². The molecule has 2 aromatic rings. The van der Waals surface area contributed by atoms with E-state index in [2.05, 4.69) is 9.97 Å². The summed E-state index contributed by atoms with van der Waals surface area (Å²) in [6, 6.07) is 5.28. The predicted molar refractivity (Wildman–Crippen MR) is 68.0 cm³/mol. The van der Waals surface area contributed by atoms with E-state index in [0.29, 0.717) is 17.0 Å². The number of rotatable bonds is 1. The smallest absolute Gasteiger partial charge is 0.258 e. The largest absolute Gasteiger partial charge is 0.399 e. The molecule has 0 unspecified atom stereocenters. The lowest BCUT2D eigenvalue weighted by molar-refractivity contribution is 0.669. The molecule has 0 spiro atoms. The summed E-state index contributed by atoms with van der Waals surface area (Å²) < 4.78 is 0. The van der Waals surface area contributed by atoms with Gasteiger partial charge >= 0.3 is 0 Å². The quantitative estimate of drug-likeness (QED) is 0.736. The summed E-state index contributed by atoms with van der Waals surface area (Å²) >= 11 is 0. The van der Waals surface area contributed by atoms with Crippen molar-refractivity contribution < 1.29 is 0 Å². The first-order valence-electron chi connectivity index (χ1n) is 6.03. The number of nitrogens with two attached hydrogens (primary N) is 1. The van der Waals surface area contributed by atoms with Crippen LogP contribution >= 0.6 is 0 Å². The number of hydrogen-bond acceptors (Lipinski definition) is 3. The molecule has 0 saturated heterocycles. The lowest BCUT2D eigenvalue weighted by Gasteiger charge is -2.09. The Morgan fingerprint density at radius 3 is 2.82 bits per heavy atom. The van der Waals surface area contributed by atoms with E-state index in [9.17, 15) is 4.79 Å². The van der Waals surface area contributed by atoms with Gasteiger partial charge in [0.2, 0.25) is 0 Å². The van der Waals surface area contributed by atoms with Crippen molar-refractivity contribution in [2.24, 2.45) is 0 Å². The molecule has 1 aromatic heterocycles. The first-order chi connectivity index (χ1) is 8.24. The number of aromatic amines is 1. The summed E-state index contributed by atoms with van der Waals surface area (Å²) in [7, 11) is 0. The average molecular weight is 229 g/mol. The molecule has 1 fully saturated rings. The second-order valence-corrected chi connectivity index (χ2v) is 4.71. The molecule has 4 heteroatoms. The van der Waals surface area contributed by atoms with Gasteiger partial charge in [0.05, 0.1) is 10.9 Å². The fourth-order valence-electron chi connectivity index (χ4n) is 2.57. The van der Waals surface area contributed by atoms with Gasteiger partial charge in [0.1, 0.15) is 5.82 Å². The van der Waals surface area contributed by atoms with Crippen LogP contribution in [0, 0.1) is 0 Å². The molecule has 0 atom stereocenters. The number of hydrogen-bond donors (Lipinski definition) is 2. The van der Waals surface area contributed by atoms with Gasteiger partial charge in [0, 0.05) is 11.6 Å². The van der Waals surface area contributed by atoms with Gasteiger partial charge in [0.25, 0.3) is 5.56 Å². The predicted octanol–water partition coefficient (Wildman–Crippen LogP) is 2.16. The van der Waals surface area contributed by atoms with E-state index in [1.165, 1.54) is 12.8 Å². The summed E-state index contributed by atoms with van der Waals surface area (Å²) in [5.74, 6) is 1.26. The van der Waals surface area contributed by atoms with E-state index in [0.717, 1.165) is 24.2 Å². The summed E-state index contributed by atoms with van der Waals surface area (Å²) in [5, 5.41) is 0.576. The summed E-state index contributed by atoms with van der Waals surface area (Å²) in [4.78, 5) is 19.4. The van der Waals surface area contributed by atoms with Crippen LogP contribution in [0.2, 0.25) is 0 Å². The molecule has 17 heavy (non-hydrogen) atoms. The van der Waals surface area contributed by atoms with Crippen LogP contribution in [0.4, 0.5) is 5.69 Å². The van der Waals surface area contributed by atoms with Crippen molar-refractivity contribution in [3.05, 3.63) is 34.4 Å². The standard InChI is InChI=1S/C13H15N3O/c14-9-5-6-11-10(7-9)13(17)16-12(15-11)8-3-1-2-4-8/h5-8H,1-4,14H2,(H,15,16,17). The van der Waals surface area contributed by atoms with E-state index in [4.69, 9.17) is 5.73 Å². The van der Waals surface area contributed by atoms with Gasteiger partial charge in [-0.05, 0) is 31.0 Å². The summed E-state index contributed by atoms with van der Waals surface area (Å²) in [5.41, 5.74) is 6.93. The fraction of sp³-hybridized carbons (Fsp3) is 0.385. The second-order valence-electron chi connectivity index (χ2n) is 4.71. The molecule has 3 N–H and O–H groups in total. The monoisotopic (exact) mass is 229 g/mol. The van der Waals surface area contributed by atoms with Crippen molar-refractivity contribution >= 4 is 16.6 Å². The minimum Gasteiger partial charge on any atom is -0.399 e. The normalized spacial score (nSPS) is 16.7. The van der Waals surface area contributed by atoms with E-state index in [1.807, 2.05) is 6.07 Å². The lowest BCUT2D eigenvalue weighted by atomic mass is 10.1. The number of nitrogen functional groups attached to an aromatic ring is 1. The third-order valence-corrected chi connectivity index (χ3v) is 3.49. The Morgan fingerprint density at radius 2 is 2.06 bits per heavy atom. The summed E-state index contributed by atoms with van der Waals surface area (Å²) in [6.45, 7) is 0. The van der Waals surface area contributed by atoms with Crippen molar-refractivity contribution in [3.8, 4) is 0 Å². The molecular formula is C13H15N3O. The van der Waals surface area contributed by atoms with Crippen molar-refractivity contribution in [1.82, 2.24) is 9.97 Å². The van der Waals surface area contributed by atoms with E-state index in [-0.39, 0.29) is 5.56 Å². The maximum absolute atomic E-state index is 12.0. The van der Waals surface area contributed by atoms with E-state index < -0.39 is 0 Å². The SMILES string of the molecule is Nc1ccc2nc(C3CCCC3)[nH]c(=O)c2c1. The Balaban J connectivity index is 2.17. The molecule has 88 valence electrons. The van der Waals surface area contributed by atoms with Crippen molar-refractivity contribution in [1.29, 1.82) is 0 Å². The van der Waals surface area contributed by atoms with E-state index in [1.54, 1.807) is 12.1 Å². The number of benzene rings is 1. The van der Waals surface area contributed by atoms with Gasteiger partial charge < -0.3 is 10.7 Å². The molecule has 1 saturated carbocycles. The van der Waals surface area contributed by atoms with Crippen molar-refractivity contribution in [2.75, 3.05) is 5.73 Å². The zero-order chi connectivity index (χ0) is 11.8. The van der Waals surface area contributed by atoms with Crippen LogP contribution in [0.15, 0.2) is 23.0 Å². The minimum absolute atomic E-state index is 0.0794. The van der Waals surface area contributed by atoms with Crippen LogP contribution in [0.1, 0.15) is 37.4 Å². The highest BCUT2D eigenvalue weighted by Gasteiger charge is 2.19. The Hall–Kier alpha value is -1.84. The number of H-pyrrole nitrogens is 1. The van der Waals surface area contributed by atoms with Crippen molar-refractivity contribution in [2.45, 2.75) is 31.6 Å². The van der Waals surface area contributed by atoms with Crippen LogP contribution in [0.5, 0.6) is 0 Å². The molecule has 1 aromatic carbocycles. The highest BCUT2D eigenvalue weighted by atomic mass is 16.1. The zero-order valence-corrected chi connectivity index (χ0v) is 9.57. The maximum Gasteiger partial charge on any atom is 0.258 e. The number of anilines is 1. The topological polar surface area (TPSA) is 71.8 Å². The molecule has 4 nitrogen and oxygen atoms in total. The van der Waals surface area contributed by atoms with Crippen LogP contribution in [0.25, 0.3) is 10.9 Å². The van der Waals surface area contributed by atoms with Crippen LogP contribution in [-0.2, 0) is 0 Å². The highest BCUT2D eigenvalue weighted by Crippen LogP contribution is 2.32. The molecule has 1 heterocycles. The fourth-order valence-corrected chi connectivity index (χ4v) is 2.57. The van der Waals surface area contributed by atoms with Crippen LogP contribution in [0.3, 0.4) is 0 Å². The highest BCUT2D eigenvalue weighted by molar-refractivity contribution is 5.80. The Bertz CT molecular complexity index is 612. The Morgan fingerprint density at radius 1 is 1.29 bits per heavy atom. The molecule has 0 radical (unpaired) electrons. The number of nitrogens with one attached hydrogen (secondary N) is 1. The van der Waals surface area contributed by atoms with Gasteiger partial charge in [-0.3, -0.25) is 4.79 Å². The maximum atomic E-state index is 12.0. The first-order valence-corrected chi connectivity index (χ1v) is 6.03. The Kier molecular flexibility index (Phi) is 2.35. The minimum atomic E-state index is -0.0794. The third kappa shape index (κ3) is 1.79. The van der Waals surface area contributed by atoms with Crippen LogP contribution in [-0.4, -0.2) is 9.97 Å². The van der Waals surface area contributed by atoms with E-state index >= 15 is 0 Å². The molecule has 0 bridgehead atoms. The molecule has 3 rings (SSSR count). The first kappa shape index (κ1) is 10.3. The third-order valence-electron chi connectivity index (χ3n) is 3.49. The zero-order valence-electron chi connectivity index (χ0n) is 9.57. The summed E-state index contributed by atoms with van der Waals surface area (Å²) in [6.07, 6.45) is 4.72.